The Morgan fingerprint density at radius 2 is 2.19 bits per heavy atom. The van der Waals surface area contributed by atoms with E-state index in [1.165, 1.54) is 32.1 Å². The van der Waals surface area contributed by atoms with Gasteiger partial charge in [-0.05, 0) is 43.9 Å². The molecular weight excluding hydrogens is 280 g/mol. The van der Waals surface area contributed by atoms with E-state index >= 15 is 0 Å². The minimum absolute atomic E-state index is 0.169. The molecule has 2 unspecified atom stereocenters. The molecule has 1 N–H and O–H groups in total. The van der Waals surface area contributed by atoms with Crippen molar-refractivity contribution >= 4 is 16.5 Å². The lowest BCUT2D eigenvalue weighted by Gasteiger charge is -2.35. The van der Waals surface area contributed by atoms with Crippen molar-refractivity contribution in [2.75, 3.05) is 11.4 Å². The third-order valence-electron chi connectivity index (χ3n) is 4.91. The molecule has 1 aliphatic carbocycles. The Labute approximate surface area is 132 Å². The summed E-state index contributed by atoms with van der Waals surface area (Å²) in [6.07, 6.45) is 7.97. The molecule has 2 heterocycles. The van der Waals surface area contributed by atoms with E-state index in [1.54, 1.807) is 11.3 Å². The molecule has 1 aromatic rings. The van der Waals surface area contributed by atoms with Crippen LogP contribution in [0.25, 0.3) is 0 Å². The van der Waals surface area contributed by atoms with Crippen LogP contribution >= 0.6 is 11.3 Å². The fourth-order valence-corrected chi connectivity index (χ4v) is 5.05. The summed E-state index contributed by atoms with van der Waals surface area (Å²) in [6, 6.07) is 0.654. The van der Waals surface area contributed by atoms with Gasteiger partial charge in [-0.2, -0.15) is 0 Å². The zero-order valence-electron chi connectivity index (χ0n) is 13.6. The van der Waals surface area contributed by atoms with E-state index in [4.69, 9.17) is 4.98 Å². The standard InChI is InChI=1S/C17H28N2OS/c1-4-7-12-8-5-6-9-19(12)16-18-13-10-17(2,3)11-14(20)15(13)21-16/h12,14,20H,4-11H2,1-3H3. The first-order valence-corrected chi connectivity index (χ1v) is 9.26. The molecule has 1 aromatic heterocycles. The van der Waals surface area contributed by atoms with Gasteiger partial charge in [0.15, 0.2) is 5.13 Å². The summed E-state index contributed by atoms with van der Waals surface area (Å²) in [5.41, 5.74) is 1.32. The molecule has 4 heteroatoms. The van der Waals surface area contributed by atoms with Crippen molar-refractivity contribution in [2.24, 2.45) is 5.41 Å². The zero-order chi connectivity index (χ0) is 15.0. The molecule has 1 aliphatic heterocycles. The Hall–Kier alpha value is -0.610. The number of thiazole rings is 1. The van der Waals surface area contributed by atoms with Crippen LogP contribution in [-0.2, 0) is 6.42 Å². The van der Waals surface area contributed by atoms with Crippen LogP contribution in [0, 0.1) is 5.41 Å². The van der Waals surface area contributed by atoms with E-state index in [0.29, 0.717) is 6.04 Å². The number of piperidine rings is 1. The van der Waals surface area contributed by atoms with Gasteiger partial charge in [0.2, 0.25) is 0 Å². The Bertz CT molecular complexity index is 495. The predicted octanol–water partition coefficient (Wildman–Crippen LogP) is 4.31. The summed E-state index contributed by atoms with van der Waals surface area (Å²) in [4.78, 5) is 8.59. The van der Waals surface area contributed by atoms with Crippen molar-refractivity contribution in [3.63, 3.8) is 0 Å². The summed E-state index contributed by atoms with van der Waals surface area (Å²) in [5.74, 6) is 0. The fraction of sp³-hybridized carbons (Fsp3) is 0.824. The molecule has 0 saturated carbocycles. The van der Waals surface area contributed by atoms with Crippen LogP contribution in [0.15, 0.2) is 0 Å². The highest BCUT2D eigenvalue weighted by Gasteiger charge is 2.35. The Morgan fingerprint density at radius 3 is 2.95 bits per heavy atom. The maximum Gasteiger partial charge on any atom is 0.186 e. The minimum Gasteiger partial charge on any atom is -0.387 e. The van der Waals surface area contributed by atoms with E-state index in [0.717, 1.165) is 35.1 Å². The largest absolute Gasteiger partial charge is 0.387 e. The van der Waals surface area contributed by atoms with E-state index in [9.17, 15) is 5.11 Å². The lowest BCUT2D eigenvalue weighted by Crippen LogP contribution is -2.39. The molecule has 0 radical (unpaired) electrons. The molecule has 0 aromatic carbocycles. The summed E-state index contributed by atoms with van der Waals surface area (Å²) in [6.45, 7) is 7.88. The SMILES string of the molecule is CCCC1CCCCN1c1nc2c(s1)C(O)CC(C)(C)C2. The molecule has 2 atom stereocenters. The maximum atomic E-state index is 10.4. The van der Waals surface area contributed by atoms with Gasteiger partial charge in [0.25, 0.3) is 0 Å². The monoisotopic (exact) mass is 308 g/mol. The predicted molar refractivity (Wildman–Crippen MR) is 89.1 cm³/mol. The number of aromatic nitrogens is 1. The van der Waals surface area contributed by atoms with Gasteiger partial charge in [0.1, 0.15) is 0 Å². The van der Waals surface area contributed by atoms with Gasteiger partial charge >= 0.3 is 0 Å². The van der Waals surface area contributed by atoms with Gasteiger partial charge in [-0.15, -0.1) is 0 Å². The molecular formula is C17H28N2OS. The van der Waals surface area contributed by atoms with Crippen molar-refractivity contribution in [1.82, 2.24) is 4.98 Å². The molecule has 1 saturated heterocycles. The number of anilines is 1. The average molecular weight is 308 g/mol. The quantitative estimate of drug-likeness (QED) is 0.904. The first-order chi connectivity index (χ1) is 10.00. The molecule has 3 rings (SSSR count). The lowest BCUT2D eigenvalue weighted by atomic mass is 9.77. The van der Waals surface area contributed by atoms with Crippen LogP contribution in [-0.4, -0.2) is 22.7 Å². The van der Waals surface area contributed by atoms with Gasteiger partial charge in [0.05, 0.1) is 16.7 Å². The van der Waals surface area contributed by atoms with Crippen LogP contribution in [0.1, 0.15) is 76.0 Å². The third kappa shape index (κ3) is 3.11. The molecule has 0 spiro atoms. The van der Waals surface area contributed by atoms with Crippen LogP contribution in [0.5, 0.6) is 0 Å². The normalized spacial score (nSPS) is 28.5. The smallest absolute Gasteiger partial charge is 0.186 e. The molecule has 118 valence electrons. The molecule has 0 bridgehead atoms. The van der Waals surface area contributed by atoms with Crippen LogP contribution in [0.3, 0.4) is 0 Å². The lowest BCUT2D eigenvalue weighted by molar-refractivity contribution is 0.102. The molecule has 3 nitrogen and oxygen atoms in total. The molecule has 0 amide bonds. The first kappa shape index (κ1) is 15.3. The van der Waals surface area contributed by atoms with E-state index < -0.39 is 0 Å². The fourth-order valence-electron chi connectivity index (χ4n) is 3.89. The zero-order valence-corrected chi connectivity index (χ0v) is 14.4. The van der Waals surface area contributed by atoms with Gasteiger partial charge in [-0.3, -0.25) is 0 Å². The summed E-state index contributed by atoms with van der Waals surface area (Å²) in [5, 5.41) is 11.6. The topological polar surface area (TPSA) is 36.4 Å². The summed E-state index contributed by atoms with van der Waals surface area (Å²) < 4.78 is 0. The average Bonchev–Trinajstić information content (AvgIpc) is 2.82. The number of fused-ring (bicyclic) bond motifs is 1. The van der Waals surface area contributed by atoms with Gasteiger partial charge in [-0.25, -0.2) is 4.98 Å². The second-order valence-electron chi connectivity index (χ2n) is 7.50. The highest BCUT2D eigenvalue weighted by Crippen LogP contribution is 2.45. The van der Waals surface area contributed by atoms with E-state index in [-0.39, 0.29) is 11.5 Å². The number of hydrogen-bond acceptors (Lipinski definition) is 4. The number of aliphatic hydroxyl groups is 1. The van der Waals surface area contributed by atoms with E-state index in [1.807, 2.05) is 0 Å². The van der Waals surface area contributed by atoms with Crippen molar-refractivity contribution in [2.45, 2.75) is 77.9 Å². The van der Waals surface area contributed by atoms with Gasteiger partial charge in [-0.1, -0.05) is 38.5 Å². The molecule has 1 fully saturated rings. The first-order valence-electron chi connectivity index (χ1n) is 8.44. The number of hydrogen-bond donors (Lipinski definition) is 1. The number of aliphatic hydroxyl groups excluding tert-OH is 1. The van der Waals surface area contributed by atoms with Crippen molar-refractivity contribution in [3.8, 4) is 0 Å². The molecule has 2 aliphatic rings. The Balaban J connectivity index is 1.86. The van der Waals surface area contributed by atoms with Crippen molar-refractivity contribution < 1.29 is 5.11 Å². The second-order valence-corrected chi connectivity index (χ2v) is 8.51. The number of rotatable bonds is 3. The Kier molecular flexibility index (Phi) is 4.28. The second kappa shape index (κ2) is 5.88. The summed E-state index contributed by atoms with van der Waals surface area (Å²) in [7, 11) is 0. The van der Waals surface area contributed by atoms with Gasteiger partial charge in [0, 0.05) is 12.6 Å². The van der Waals surface area contributed by atoms with Crippen LogP contribution in [0.2, 0.25) is 0 Å². The van der Waals surface area contributed by atoms with Crippen molar-refractivity contribution in [3.05, 3.63) is 10.6 Å². The van der Waals surface area contributed by atoms with E-state index in [2.05, 4.69) is 25.7 Å². The van der Waals surface area contributed by atoms with Gasteiger partial charge < -0.3 is 10.0 Å². The van der Waals surface area contributed by atoms with Crippen LogP contribution < -0.4 is 4.90 Å². The molecule has 21 heavy (non-hydrogen) atoms. The highest BCUT2D eigenvalue weighted by molar-refractivity contribution is 7.15. The van der Waals surface area contributed by atoms with Crippen molar-refractivity contribution in [1.29, 1.82) is 0 Å². The maximum absolute atomic E-state index is 10.4. The third-order valence-corrected chi connectivity index (χ3v) is 6.14. The minimum atomic E-state index is -0.315. The van der Waals surface area contributed by atoms with Crippen LogP contribution in [0.4, 0.5) is 5.13 Å². The number of nitrogens with zero attached hydrogens (tertiary/aromatic N) is 2. The highest BCUT2D eigenvalue weighted by atomic mass is 32.1. The Morgan fingerprint density at radius 1 is 1.38 bits per heavy atom. The summed E-state index contributed by atoms with van der Waals surface area (Å²) >= 11 is 1.75.